The average molecular weight is 208 g/mol. The summed E-state index contributed by atoms with van der Waals surface area (Å²) in [5.74, 6) is 0.161. The largest absolute Gasteiger partial charge is 0.358 e. The number of hydrogen-bond acceptors (Lipinski definition) is 3. The van der Waals surface area contributed by atoms with Crippen LogP contribution in [0.3, 0.4) is 0 Å². The molecule has 3 nitrogen and oxygen atoms in total. The minimum Gasteiger partial charge on any atom is -0.287 e. The van der Waals surface area contributed by atoms with E-state index in [1.807, 2.05) is 32.0 Å². The van der Waals surface area contributed by atoms with E-state index >= 15 is 0 Å². The van der Waals surface area contributed by atoms with Crippen LogP contribution < -0.4 is 4.89 Å². The Balaban J connectivity index is 2.40. The first kappa shape index (κ1) is 11.6. The van der Waals surface area contributed by atoms with Gasteiger partial charge in [-0.05, 0) is 25.0 Å². The van der Waals surface area contributed by atoms with Crippen molar-refractivity contribution in [2.45, 2.75) is 26.7 Å². The number of hydrogen-bond donors (Lipinski definition) is 0. The van der Waals surface area contributed by atoms with Crippen molar-refractivity contribution in [3.63, 3.8) is 0 Å². The number of benzene rings is 1. The van der Waals surface area contributed by atoms with Gasteiger partial charge >= 0.3 is 5.97 Å². The monoisotopic (exact) mass is 208 g/mol. The van der Waals surface area contributed by atoms with Crippen molar-refractivity contribution in [1.82, 2.24) is 0 Å². The van der Waals surface area contributed by atoms with E-state index in [1.165, 1.54) is 0 Å². The first-order chi connectivity index (χ1) is 7.27. The fraction of sp³-hybridized carbons (Fsp3) is 0.417. The van der Waals surface area contributed by atoms with Crippen LogP contribution in [0.2, 0.25) is 0 Å². The zero-order valence-electron chi connectivity index (χ0n) is 9.10. The molecule has 0 heterocycles. The van der Waals surface area contributed by atoms with Gasteiger partial charge in [-0.15, -0.1) is 0 Å². The second-order valence-electron chi connectivity index (χ2n) is 3.31. The summed E-state index contributed by atoms with van der Waals surface area (Å²) in [6, 6.07) is 8.98. The van der Waals surface area contributed by atoms with Crippen LogP contribution in [0, 0.1) is 5.92 Å². The molecule has 3 heteroatoms. The SMILES string of the molecule is CCC(CC)C(=O)OOc1ccccc1. The van der Waals surface area contributed by atoms with Crippen molar-refractivity contribution >= 4 is 5.97 Å². The van der Waals surface area contributed by atoms with Gasteiger partial charge in [0.15, 0.2) is 5.75 Å². The van der Waals surface area contributed by atoms with Crippen molar-refractivity contribution < 1.29 is 14.6 Å². The highest BCUT2D eigenvalue weighted by Gasteiger charge is 2.17. The molecule has 0 N–H and O–H groups in total. The molecular weight excluding hydrogens is 192 g/mol. The fourth-order valence-corrected chi connectivity index (χ4v) is 1.26. The molecule has 0 aliphatic heterocycles. The minimum atomic E-state index is -0.302. The Morgan fingerprint density at radius 1 is 1.20 bits per heavy atom. The molecule has 0 aromatic heterocycles. The first-order valence-corrected chi connectivity index (χ1v) is 5.21. The lowest BCUT2D eigenvalue weighted by Gasteiger charge is -2.10. The van der Waals surface area contributed by atoms with Crippen LogP contribution in [0.5, 0.6) is 5.75 Å². The van der Waals surface area contributed by atoms with Crippen LogP contribution in [-0.4, -0.2) is 5.97 Å². The van der Waals surface area contributed by atoms with E-state index in [9.17, 15) is 4.79 Å². The maximum absolute atomic E-state index is 11.4. The molecule has 0 saturated carbocycles. The van der Waals surface area contributed by atoms with Gasteiger partial charge in [0.2, 0.25) is 0 Å². The third kappa shape index (κ3) is 3.62. The Morgan fingerprint density at radius 3 is 2.33 bits per heavy atom. The molecule has 1 aromatic rings. The molecule has 0 saturated heterocycles. The average Bonchev–Trinajstić information content (AvgIpc) is 2.29. The van der Waals surface area contributed by atoms with Gasteiger partial charge in [0.25, 0.3) is 0 Å². The second kappa shape index (κ2) is 6.06. The van der Waals surface area contributed by atoms with Crippen LogP contribution in [0.1, 0.15) is 26.7 Å². The number of carbonyl (C=O) groups is 1. The lowest BCUT2D eigenvalue weighted by molar-refractivity contribution is -0.219. The van der Waals surface area contributed by atoms with Crippen LogP contribution >= 0.6 is 0 Å². The lowest BCUT2D eigenvalue weighted by Crippen LogP contribution is -2.18. The normalized spacial score (nSPS) is 10.1. The summed E-state index contributed by atoms with van der Waals surface area (Å²) >= 11 is 0. The Labute approximate surface area is 89.9 Å². The zero-order valence-corrected chi connectivity index (χ0v) is 9.10. The van der Waals surface area contributed by atoms with Gasteiger partial charge in [0.05, 0.1) is 5.92 Å². The molecule has 0 spiro atoms. The van der Waals surface area contributed by atoms with Gasteiger partial charge in [-0.1, -0.05) is 32.0 Å². The van der Waals surface area contributed by atoms with E-state index in [1.54, 1.807) is 12.1 Å². The molecule has 0 fully saturated rings. The van der Waals surface area contributed by atoms with E-state index in [0.717, 1.165) is 12.8 Å². The van der Waals surface area contributed by atoms with E-state index in [-0.39, 0.29) is 11.9 Å². The van der Waals surface area contributed by atoms with Crippen LogP contribution in [0.4, 0.5) is 0 Å². The zero-order chi connectivity index (χ0) is 11.1. The van der Waals surface area contributed by atoms with Crippen molar-refractivity contribution in [2.24, 2.45) is 5.92 Å². The van der Waals surface area contributed by atoms with Gasteiger partial charge in [0, 0.05) is 0 Å². The number of rotatable bonds is 5. The summed E-state index contributed by atoms with van der Waals surface area (Å²) in [7, 11) is 0. The molecule has 0 aliphatic rings. The highest BCUT2D eigenvalue weighted by molar-refractivity contribution is 5.71. The maximum atomic E-state index is 11.4. The molecular formula is C12H16O3. The molecule has 1 rings (SSSR count). The molecule has 15 heavy (non-hydrogen) atoms. The highest BCUT2D eigenvalue weighted by Crippen LogP contribution is 2.13. The molecule has 0 atom stereocenters. The number of para-hydroxylation sites is 1. The summed E-state index contributed by atoms with van der Waals surface area (Å²) in [6.45, 7) is 3.91. The van der Waals surface area contributed by atoms with Crippen LogP contribution in [0.15, 0.2) is 30.3 Å². The Hall–Kier alpha value is -1.51. The third-order valence-electron chi connectivity index (χ3n) is 2.28. The van der Waals surface area contributed by atoms with Gasteiger partial charge in [-0.3, -0.25) is 9.78 Å². The summed E-state index contributed by atoms with van der Waals surface area (Å²) in [6.07, 6.45) is 1.54. The third-order valence-corrected chi connectivity index (χ3v) is 2.28. The Morgan fingerprint density at radius 2 is 1.80 bits per heavy atom. The van der Waals surface area contributed by atoms with E-state index in [4.69, 9.17) is 9.78 Å². The minimum absolute atomic E-state index is 0.0753. The Kier molecular flexibility index (Phi) is 4.68. The molecule has 0 amide bonds. The molecule has 0 unspecified atom stereocenters. The van der Waals surface area contributed by atoms with Crippen molar-refractivity contribution in [1.29, 1.82) is 0 Å². The summed E-state index contributed by atoms with van der Waals surface area (Å²) in [5, 5.41) is 0. The first-order valence-electron chi connectivity index (χ1n) is 5.21. The van der Waals surface area contributed by atoms with E-state index in [0.29, 0.717) is 5.75 Å². The molecule has 0 aliphatic carbocycles. The smallest absolute Gasteiger partial charge is 0.287 e. The maximum Gasteiger partial charge on any atom is 0.358 e. The summed E-state index contributed by atoms with van der Waals surface area (Å²) < 4.78 is 0. The van der Waals surface area contributed by atoms with Gasteiger partial charge in [-0.25, -0.2) is 4.79 Å². The fourth-order valence-electron chi connectivity index (χ4n) is 1.26. The molecule has 0 radical (unpaired) electrons. The van der Waals surface area contributed by atoms with E-state index in [2.05, 4.69) is 0 Å². The quantitative estimate of drug-likeness (QED) is 0.551. The summed E-state index contributed by atoms with van der Waals surface area (Å²) in [5.41, 5.74) is 0. The predicted molar refractivity (Wildman–Crippen MR) is 57.2 cm³/mol. The van der Waals surface area contributed by atoms with Crippen molar-refractivity contribution in [3.8, 4) is 5.75 Å². The van der Waals surface area contributed by atoms with Crippen LogP contribution in [-0.2, 0) is 9.68 Å². The van der Waals surface area contributed by atoms with E-state index < -0.39 is 0 Å². The van der Waals surface area contributed by atoms with Crippen LogP contribution in [0.25, 0.3) is 0 Å². The van der Waals surface area contributed by atoms with Gasteiger partial charge < -0.3 is 0 Å². The Bertz CT molecular complexity index is 291. The second-order valence-corrected chi connectivity index (χ2v) is 3.31. The molecule has 82 valence electrons. The van der Waals surface area contributed by atoms with Crippen molar-refractivity contribution in [2.75, 3.05) is 0 Å². The predicted octanol–water partition coefficient (Wildman–Crippen LogP) is 2.96. The molecule has 0 bridgehead atoms. The van der Waals surface area contributed by atoms with Gasteiger partial charge in [0.1, 0.15) is 0 Å². The number of carbonyl (C=O) groups excluding carboxylic acids is 1. The van der Waals surface area contributed by atoms with Crippen molar-refractivity contribution in [3.05, 3.63) is 30.3 Å². The van der Waals surface area contributed by atoms with Gasteiger partial charge in [-0.2, -0.15) is 0 Å². The lowest BCUT2D eigenvalue weighted by atomic mass is 10.0. The highest BCUT2D eigenvalue weighted by atomic mass is 17.2. The standard InChI is InChI=1S/C12H16O3/c1-3-10(4-2)12(13)15-14-11-8-6-5-7-9-11/h5-10H,3-4H2,1-2H3. The summed E-state index contributed by atoms with van der Waals surface area (Å²) in [4.78, 5) is 21.1. The topological polar surface area (TPSA) is 35.5 Å². The molecule has 1 aromatic carbocycles.